The monoisotopic (exact) mass is 599 g/mol. The van der Waals surface area contributed by atoms with Crippen LogP contribution in [0.2, 0.25) is 0 Å². The minimum Gasteiger partial charge on any atom is -0.497 e. The van der Waals surface area contributed by atoms with Crippen LogP contribution in [-0.2, 0) is 23.4 Å². The third-order valence-electron chi connectivity index (χ3n) is 8.47. The lowest BCUT2D eigenvalue weighted by molar-refractivity contribution is -0.136. The molecule has 40 heavy (non-hydrogen) atoms. The van der Waals surface area contributed by atoms with E-state index >= 15 is 0 Å². The molecule has 1 atom stereocenters. The number of benzene rings is 3. The summed E-state index contributed by atoms with van der Waals surface area (Å²) in [5.41, 5.74) is 1.98. The molecule has 1 N–H and O–H groups in total. The van der Waals surface area contributed by atoms with E-state index in [2.05, 4.69) is 21.2 Å². The van der Waals surface area contributed by atoms with Gasteiger partial charge in [-0.25, -0.2) is 0 Å². The van der Waals surface area contributed by atoms with Crippen molar-refractivity contribution in [2.75, 3.05) is 7.11 Å². The van der Waals surface area contributed by atoms with E-state index in [0.717, 1.165) is 52.2 Å². The largest absolute Gasteiger partial charge is 0.497 e. The van der Waals surface area contributed by atoms with Crippen molar-refractivity contribution in [2.24, 2.45) is 0 Å². The number of hydrogen-bond acceptors (Lipinski definition) is 3. The molecular weight excluding hydrogens is 566 g/mol. The van der Waals surface area contributed by atoms with Crippen LogP contribution < -0.4 is 10.1 Å². The molecule has 0 radical (unpaired) electrons. The van der Waals surface area contributed by atoms with Gasteiger partial charge in [0, 0.05) is 28.5 Å². The molecule has 1 aliphatic heterocycles. The van der Waals surface area contributed by atoms with Crippen LogP contribution in [0.3, 0.4) is 0 Å². The Hall–Kier alpha value is -3.58. The molecule has 6 rings (SSSR count). The fourth-order valence-electron chi connectivity index (χ4n) is 6.37. The maximum Gasteiger partial charge on any atom is 0.272 e. The molecule has 3 aromatic carbocycles. The zero-order valence-electron chi connectivity index (χ0n) is 22.7. The molecule has 2 aliphatic rings. The van der Waals surface area contributed by atoms with Gasteiger partial charge in [-0.15, -0.1) is 0 Å². The Bertz CT molecular complexity index is 1540. The molecule has 1 saturated carbocycles. The number of nitrogens with zero attached hydrogens (tertiary/aromatic N) is 2. The van der Waals surface area contributed by atoms with Crippen molar-refractivity contribution in [3.05, 3.63) is 100 Å². The molecule has 206 valence electrons. The molecule has 4 aromatic rings. The van der Waals surface area contributed by atoms with Crippen molar-refractivity contribution in [1.29, 1.82) is 0 Å². The van der Waals surface area contributed by atoms with Crippen molar-refractivity contribution < 1.29 is 14.3 Å². The van der Waals surface area contributed by atoms with Crippen LogP contribution in [0, 0.1) is 0 Å². The summed E-state index contributed by atoms with van der Waals surface area (Å²) in [4.78, 5) is 31.1. The second-order valence-electron chi connectivity index (χ2n) is 10.9. The Morgan fingerprint density at radius 3 is 2.48 bits per heavy atom. The number of fused-ring (bicyclic) bond motifs is 3. The first-order valence-corrected chi connectivity index (χ1v) is 14.9. The Morgan fingerprint density at radius 1 is 0.975 bits per heavy atom. The van der Waals surface area contributed by atoms with Crippen molar-refractivity contribution >= 4 is 38.6 Å². The molecule has 0 bridgehead atoms. The van der Waals surface area contributed by atoms with Gasteiger partial charge in [0.25, 0.3) is 11.8 Å². The summed E-state index contributed by atoms with van der Waals surface area (Å²) < 4.78 is 8.47. The lowest BCUT2D eigenvalue weighted by Crippen LogP contribution is -2.63. The van der Waals surface area contributed by atoms with Crippen molar-refractivity contribution in [3.63, 3.8) is 0 Å². The van der Waals surface area contributed by atoms with Gasteiger partial charge in [-0.1, -0.05) is 84.1 Å². The molecular formula is C33H34BrN3O3. The molecule has 0 spiro atoms. The third-order valence-corrected chi connectivity index (χ3v) is 8.96. The maximum atomic E-state index is 14.8. The topological polar surface area (TPSA) is 63.6 Å². The molecule has 0 saturated heterocycles. The van der Waals surface area contributed by atoms with E-state index in [1.807, 2.05) is 83.4 Å². The number of carbonyl (C=O) groups excluding carboxylic acids is 2. The highest BCUT2D eigenvalue weighted by atomic mass is 79.9. The van der Waals surface area contributed by atoms with E-state index in [1.165, 1.54) is 12.8 Å². The molecule has 1 fully saturated rings. The maximum absolute atomic E-state index is 14.8. The first-order valence-electron chi connectivity index (χ1n) is 14.1. The first kappa shape index (κ1) is 26.6. The summed E-state index contributed by atoms with van der Waals surface area (Å²) in [6.45, 7) is 0.609. The number of methoxy groups -OCH3 is 1. The van der Waals surface area contributed by atoms with Crippen LogP contribution in [0.5, 0.6) is 5.75 Å². The van der Waals surface area contributed by atoms with Crippen molar-refractivity contribution in [2.45, 2.75) is 63.2 Å². The second kappa shape index (κ2) is 11.1. The number of carbonyl (C=O) groups is 2. The lowest BCUT2D eigenvalue weighted by Gasteiger charge is -2.47. The van der Waals surface area contributed by atoms with Crippen LogP contribution >= 0.6 is 15.9 Å². The van der Waals surface area contributed by atoms with E-state index in [4.69, 9.17) is 4.74 Å². The summed E-state index contributed by atoms with van der Waals surface area (Å²) in [5.74, 6) is 0.427. The van der Waals surface area contributed by atoms with E-state index in [1.54, 1.807) is 12.0 Å². The predicted molar refractivity (Wildman–Crippen MR) is 160 cm³/mol. The number of nitrogens with one attached hydrogen (secondary N) is 1. The lowest BCUT2D eigenvalue weighted by atomic mass is 9.83. The highest BCUT2D eigenvalue weighted by molar-refractivity contribution is 9.10. The van der Waals surface area contributed by atoms with E-state index in [9.17, 15) is 9.59 Å². The van der Waals surface area contributed by atoms with Crippen molar-refractivity contribution in [3.8, 4) is 5.75 Å². The standard InChI is InChI=1S/C33H34BrN3O3/c1-40-28-17-16-24-19-30-31(38)37(21-23-10-9-13-26(34)18-23)33(22-36(30)29(24)20-28,25-11-5-4-6-12-25)32(39)35-27-14-7-2-3-8-15-27/h4-6,9-13,16-20,27H,2-3,7-8,14-15,21-22H2,1H3,(H,35,39). The molecule has 1 unspecified atom stereocenters. The number of ether oxygens (including phenoxy) is 1. The van der Waals surface area contributed by atoms with Gasteiger partial charge in [0.2, 0.25) is 0 Å². The summed E-state index contributed by atoms with van der Waals surface area (Å²) in [5, 5.41) is 4.37. The minimum absolute atomic E-state index is 0.0984. The van der Waals surface area contributed by atoms with Crippen LogP contribution in [0.15, 0.2) is 83.3 Å². The molecule has 7 heteroatoms. The van der Waals surface area contributed by atoms with Crippen LogP contribution in [-0.4, -0.2) is 34.4 Å². The number of hydrogen-bond donors (Lipinski definition) is 1. The normalized spacial score (nSPS) is 19.8. The average Bonchev–Trinajstić information content (AvgIpc) is 3.13. The second-order valence-corrected chi connectivity index (χ2v) is 11.9. The number of rotatable bonds is 6. The first-order chi connectivity index (χ1) is 19.5. The molecule has 6 nitrogen and oxygen atoms in total. The van der Waals surface area contributed by atoms with E-state index in [-0.39, 0.29) is 17.9 Å². The number of aromatic nitrogens is 1. The minimum atomic E-state index is -1.24. The van der Waals surface area contributed by atoms with Crippen LogP contribution in [0.1, 0.15) is 60.1 Å². The smallest absolute Gasteiger partial charge is 0.272 e. The highest BCUT2D eigenvalue weighted by Gasteiger charge is 2.52. The predicted octanol–water partition coefficient (Wildman–Crippen LogP) is 6.80. The fraction of sp³-hybridized carbons (Fsp3) is 0.333. The Balaban J connectivity index is 1.54. The zero-order chi connectivity index (χ0) is 27.7. The molecule has 1 aliphatic carbocycles. The van der Waals surface area contributed by atoms with E-state index in [0.29, 0.717) is 24.5 Å². The van der Waals surface area contributed by atoms with Gasteiger partial charge in [-0.2, -0.15) is 0 Å². The summed E-state index contributed by atoms with van der Waals surface area (Å²) in [7, 11) is 1.64. The SMILES string of the molecule is COc1ccc2cc3n(c2c1)CC(C(=O)NC1CCCCCC1)(c1ccccc1)N(Cc1cccc(Br)c1)C3=O. The molecule has 1 aromatic heterocycles. The summed E-state index contributed by atoms with van der Waals surface area (Å²) >= 11 is 3.58. The van der Waals surface area contributed by atoms with E-state index < -0.39 is 5.54 Å². The van der Waals surface area contributed by atoms with Gasteiger partial charge in [0.1, 0.15) is 11.4 Å². The van der Waals surface area contributed by atoms with Gasteiger partial charge < -0.3 is 19.5 Å². The number of halogens is 1. The Labute approximate surface area is 243 Å². The zero-order valence-corrected chi connectivity index (χ0v) is 24.3. The number of amides is 2. The van der Waals surface area contributed by atoms with Gasteiger partial charge in [-0.05, 0) is 54.3 Å². The van der Waals surface area contributed by atoms with Gasteiger partial charge in [-0.3, -0.25) is 9.59 Å². The average molecular weight is 601 g/mol. The molecule has 2 heterocycles. The summed E-state index contributed by atoms with van der Waals surface area (Å²) in [6.07, 6.45) is 6.54. The van der Waals surface area contributed by atoms with Gasteiger partial charge in [0.15, 0.2) is 5.54 Å². The van der Waals surface area contributed by atoms with Crippen LogP contribution in [0.25, 0.3) is 10.9 Å². The summed E-state index contributed by atoms with van der Waals surface area (Å²) in [6, 6.07) is 25.6. The quantitative estimate of drug-likeness (QED) is 0.248. The molecule has 2 amide bonds. The fourth-order valence-corrected chi connectivity index (χ4v) is 6.82. The van der Waals surface area contributed by atoms with Gasteiger partial charge in [0.05, 0.1) is 19.2 Å². The Kier molecular flexibility index (Phi) is 7.41. The highest BCUT2D eigenvalue weighted by Crippen LogP contribution is 2.41. The van der Waals surface area contributed by atoms with Gasteiger partial charge >= 0.3 is 0 Å². The van der Waals surface area contributed by atoms with Crippen molar-refractivity contribution in [1.82, 2.24) is 14.8 Å². The third kappa shape index (κ3) is 4.81. The Morgan fingerprint density at radius 2 is 1.75 bits per heavy atom. The van der Waals surface area contributed by atoms with Crippen LogP contribution in [0.4, 0.5) is 0 Å².